The van der Waals surface area contributed by atoms with Crippen LogP contribution in [0.25, 0.3) is 5.82 Å². The van der Waals surface area contributed by atoms with Crippen molar-refractivity contribution in [3.8, 4) is 23.2 Å². The van der Waals surface area contributed by atoms with E-state index in [4.69, 9.17) is 14.2 Å². The van der Waals surface area contributed by atoms with Crippen LogP contribution in [0, 0.1) is 6.92 Å². The Balaban J connectivity index is 1.68. The van der Waals surface area contributed by atoms with Crippen molar-refractivity contribution in [2.75, 3.05) is 34.4 Å². The van der Waals surface area contributed by atoms with E-state index in [1.807, 2.05) is 32.0 Å². The predicted octanol–water partition coefficient (Wildman–Crippen LogP) is 2.70. The number of nitrogens with zero attached hydrogens (tertiary/aromatic N) is 5. The number of aromatic nitrogens is 4. The van der Waals surface area contributed by atoms with Crippen molar-refractivity contribution in [3.63, 3.8) is 0 Å². The van der Waals surface area contributed by atoms with E-state index in [-0.39, 0.29) is 5.91 Å². The number of hydrogen-bond donors (Lipinski definition) is 0. The maximum Gasteiger partial charge on any atom is 0.257 e. The van der Waals surface area contributed by atoms with E-state index in [1.54, 1.807) is 49.2 Å². The Morgan fingerprint density at radius 2 is 1.87 bits per heavy atom. The van der Waals surface area contributed by atoms with Crippen molar-refractivity contribution in [2.45, 2.75) is 20.3 Å². The lowest BCUT2D eigenvalue weighted by molar-refractivity contribution is 0.0796. The summed E-state index contributed by atoms with van der Waals surface area (Å²) in [5, 5.41) is 12.5. The number of amides is 1. The van der Waals surface area contributed by atoms with E-state index in [0.29, 0.717) is 54.0 Å². The van der Waals surface area contributed by atoms with Crippen molar-refractivity contribution in [1.29, 1.82) is 0 Å². The maximum absolute atomic E-state index is 13.0. The Labute approximate surface area is 181 Å². The van der Waals surface area contributed by atoms with Gasteiger partial charge in [0.25, 0.3) is 5.91 Å². The molecule has 2 aromatic heterocycles. The molecule has 1 amide bonds. The molecular formula is C22H27N5O4. The number of carbonyl (C=O) groups is 1. The number of likely N-dealkylation sites (N-methyl/N-ethyl adjacent to an activating group) is 1. The van der Waals surface area contributed by atoms with Gasteiger partial charge in [0.15, 0.2) is 17.3 Å². The molecule has 164 valence electrons. The largest absolute Gasteiger partial charge is 0.493 e. The molecule has 0 saturated carbocycles. The van der Waals surface area contributed by atoms with Crippen LogP contribution in [0.15, 0.2) is 36.5 Å². The summed E-state index contributed by atoms with van der Waals surface area (Å²) in [6, 6.07) is 9.23. The molecule has 3 aromatic rings. The van der Waals surface area contributed by atoms with Gasteiger partial charge in [0, 0.05) is 19.7 Å². The SMILES string of the molecule is CCOc1ccc(-n2ncc(C(=O)N(C)CCc3ccc(OC)c(OC)c3)c2C)nn1. The number of carbonyl (C=O) groups excluding carboxylic acids is 1. The molecule has 0 spiro atoms. The number of rotatable bonds is 9. The minimum atomic E-state index is -0.108. The van der Waals surface area contributed by atoms with Gasteiger partial charge in [0.1, 0.15) is 0 Å². The topological polar surface area (TPSA) is 91.6 Å². The van der Waals surface area contributed by atoms with Crippen LogP contribution in [0.3, 0.4) is 0 Å². The van der Waals surface area contributed by atoms with E-state index in [0.717, 1.165) is 5.56 Å². The maximum atomic E-state index is 13.0. The Morgan fingerprint density at radius 3 is 2.52 bits per heavy atom. The highest BCUT2D eigenvalue weighted by atomic mass is 16.5. The normalized spacial score (nSPS) is 10.6. The Kier molecular flexibility index (Phi) is 7.07. The zero-order valence-electron chi connectivity index (χ0n) is 18.5. The van der Waals surface area contributed by atoms with Gasteiger partial charge in [-0.25, -0.2) is 4.68 Å². The standard InChI is InChI=1S/C22H27N5O4/c1-6-31-21-10-9-20(24-25-21)27-15(2)17(14-23-27)22(28)26(3)12-11-16-7-8-18(29-4)19(13-16)30-5/h7-10,13-14H,6,11-12H2,1-5H3. The summed E-state index contributed by atoms with van der Waals surface area (Å²) in [5.41, 5.74) is 2.27. The zero-order valence-corrected chi connectivity index (χ0v) is 18.5. The van der Waals surface area contributed by atoms with Gasteiger partial charge in [-0.1, -0.05) is 6.07 Å². The third-order valence-corrected chi connectivity index (χ3v) is 4.91. The van der Waals surface area contributed by atoms with E-state index >= 15 is 0 Å². The van der Waals surface area contributed by atoms with E-state index in [2.05, 4.69) is 15.3 Å². The first-order valence-corrected chi connectivity index (χ1v) is 9.96. The van der Waals surface area contributed by atoms with Gasteiger partial charge in [0.05, 0.1) is 38.3 Å². The molecule has 0 saturated heterocycles. The van der Waals surface area contributed by atoms with E-state index < -0.39 is 0 Å². The average Bonchev–Trinajstić information content (AvgIpc) is 3.18. The van der Waals surface area contributed by atoms with Crippen LogP contribution in [0.1, 0.15) is 28.5 Å². The summed E-state index contributed by atoms with van der Waals surface area (Å²) < 4.78 is 17.5. The summed E-state index contributed by atoms with van der Waals surface area (Å²) in [7, 11) is 4.98. The molecule has 9 nitrogen and oxygen atoms in total. The summed E-state index contributed by atoms with van der Waals surface area (Å²) in [6.07, 6.45) is 2.24. The van der Waals surface area contributed by atoms with Crippen molar-refractivity contribution < 1.29 is 19.0 Å². The quantitative estimate of drug-likeness (QED) is 0.520. The molecule has 31 heavy (non-hydrogen) atoms. The lowest BCUT2D eigenvalue weighted by atomic mass is 10.1. The van der Waals surface area contributed by atoms with Crippen LogP contribution >= 0.6 is 0 Å². The van der Waals surface area contributed by atoms with Crippen LogP contribution < -0.4 is 14.2 Å². The summed E-state index contributed by atoms with van der Waals surface area (Å²) >= 11 is 0. The molecule has 0 atom stereocenters. The molecule has 2 heterocycles. The van der Waals surface area contributed by atoms with Crippen molar-refractivity contribution >= 4 is 5.91 Å². The lowest BCUT2D eigenvalue weighted by Crippen LogP contribution is -2.29. The van der Waals surface area contributed by atoms with Crippen LogP contribution in [-0.2, 0) is 6.42 Å². The minimum absolute atomic E-state index is 0.108. The fourth-order valence-corrected chi connectivity index (χ4v) is 3.14. The Hall–Kier alpha value is -3.62. The molecule has 0 bridgehead atoms. The van der Waals surface area contributed by atoms with Gasteiger partial charge in [-0.05, 0) is 44.0 Å². The predicted molar refractivity (Wildman–Crippen MR) is 115 cm³/mol. The molecule has 1 aromatic carbocycles. The van der Waals surface area contributed by atoms with Gasteiger partial charge in [-0.15, -0.1) is 10.2 Å². The zero-order chi connectivity index (χ0) is 22.4. The third kappa shape index (κ3) is 4.93. The first-order valence-electron chi connectivity index (χ1n) is 9.96. The van der Waals surface area contributed by atoms with Gasteiger partial charge >= 0.3 is 0 Å². The van der Waals surface area contributed by atoms with Gasteiger partial charge in [-0.2, -0.15) is 5.10 Å². The molecule has 0 fully saturated rings. The molecule has 0 aliphatic heterocycles. The molecule has 0 aliphatic rings. The summed E-state index contributed by atoms with van der Waals surface area (Å²) in [5.74, 6) is 2.21. The van der Waals surface area contributed by atoms with Crippen LogP contribution in [-0.4, -0.2) is 65.2 Å². The second-order valence-corrected chi connectivity index (χ2v) is 6.88. The molecular weight excluding hydrogens is 398 g/mol. The van der Waals surface area contributed by atoms with E-state index in [9.17, 15) is 4.79 Å². The smallest absolute Gasteiger partial charge is 0.257 e. The molecule has 0 unspecified atom stereocenters. The first-order chi connectivity index (χ1) is 15.0. The molecule has 0 aliphatic carbocycles. The molecule has 3 rings (SSSR count). The van der Waals surface area contributed by atoms with Crippen molar-refractivity contribution in [1.82, 2.24) is 24.9 Å². The Bertz CT molecular complexity index is 1030. The van der Waals surface area contributed by atoms with E-state index in [1.165, 1.54) is 0 Å². The van der Waals surface area contributed by atoms with Crippen LogP contribution in [0.4, 0.5) is 0 Å². The molecule has 0 radical (unpaired) electrons. The second-order valence-electron chi connectivity index (χ2n) is 6.88. The summed E-state index contributed by atoms with van der Waals surface area (Å²) in [4.78, 5) is 14.6. The lowest BCUT2D eigenvalue weighted by Gasteiger charge is -2.17. The van der Waals surface area contributed by atoms with Gasteiger partial charge < -0.3 is 19.1 Å². The first kappa shape index (κ1) is 22.1. The minimum Gasteiger partial charge on any atom is -0.493 e. The van der Waals surface area contributed by atoms with Crippen LogP contribution in [0.2, 0.25) is 0 Å². The molecule has 9 heteroatoms. The number of benzene rings is 1. The second kappa shape index (κ2) is 9.92. The monoisotopic (exact) mass is 425 g/mol. The molecule has 0 N–H and O–H groups in total. The van der Waals surface area contributed by atoms with Crippen LogP contribution in [0.5, 0.6) is 17.4 Å². The summed E-state index contributed by atoms with van der Waals surface area (Å²) in [6.45, 7) is 4.78. The Morgan fingerprint density at radius 1 is 1.10 bits per heavy atom. The van der Waals surface area contributed by atoms with Gasteiger partial charge in [0.2, 0.25) is 5.88 Å². The third-order valence-electron chi connectivity index (χ3n) is 4.91. The number of ether oxygens (including phenoxy) is 3. The van der Waals surface area contributed by atoms with Gasteiger partial charge in [-0.3, -0.25) is 4.79 Å². The highest BCUT2D eigenvalue weighted by Gasteiger charge is 2.19. The van der Waals surface area contributed by atoms with Crippen molar-refractivity contribution in [2.24, 2.45) is 0 Å². The highest BCUT2D eigenvalue weighted by molar-refractivity contribution is 5.95. The number of hydrogen-bond acceptors (Lipinski definition) is 7. The number of methoxy groups -OCH3 is 2. The fraction of sp³-hybridized carbons (Fsp3) is 0.364. The average molecular weight is 425 g/mol. The van der Waals surface area contributed by atoms with Crippen molar-refractivity contribution in [3.05, 3.63) is 53.3 Å². The highest BCUT2D eigenvalue weighted by Crippen LogP contribution is 2.27. The fourth-order valence-electron chi connectivity index (χ4n) is 3.14.